The Balaban J connectivity index is 1.60. The summed E-state index contributed by atoms with van der Waals surface area (Å²) in [4.78, 5) is 39.8. The van der Waals surface area contributed by atoms with Crippen LogP contribution in [0.2, 0.25) is 0 Å². The van der Waals surface area contributed by atoms with Gasteiger partial charge in [-0.15, -0.1) is 0 Å². The zero-order chi connectivity index (χ0) is 18.6. The summed E-state index contributed by atoms with van der Waals surface area (Å²) in [6, 6.07) is -0.167. The van der Waals surface area contributed by atoms with E-state index in [4.69, 9.17) is 4.74 Å². The number of rotatable bonds is 7. The number of methoxy groups -OCH3 is 1. The Kier molecular flexibility index (Phi) is 6.16. The second kappa shape index (κ2) is 8.37. The molecule has 0 bridgehead atoms. The lowest BCUT2D eigenvalue weighted by atomic mass is 9.74. The number of urea groups is 1. The lowest BCUT2D eigenvalue weighted by Crippen LogP contribution is -2.56. The first-order valence-electron chi connectivity index (χ1n) is 9.88. The molecule has 2 saturated heterocycles. The van der Waals surface area contributed by atoms with E-state index in [1.54, 1.807) is 7.11 Å². The number of hydrogen-bond donors (Lipinski definition) is 1. The van der Waals surface area contributed by atoms with Crippen LogP contribution < -0.4 is 5.32 Å². The van der Waals surface area contributed by atoms with E-state index in [1.165, 1.54) is 24.2 Å². The molecular weight excluding hydrogens is 334 g/mol. The Labute approximate surface area is 155 Å². The van der Waals surface area contributed by atoms with Crippen molar-refractivity contribution in [2.75, 3.05) is 39.9 Å². The lowest BCUT2D eigenvalue weighted by molar-refractivity contribution is -0.131. The van der Waals surface area contributed by atoms with E-state index < -0.39 is 0 Å². The van der Waals surface area contributed by atoms with Crippen LogP contribution in [0.5, 0.6) is 0 Å². The number of amides is 4. The maximum atomic E-state index is 12.9. The summed E-state index contributed by atoms with van der Waals surface area (Å²) in [5.41, 5.74) is 0.0243. The summed E-state index contributed by atoms with van der Waals surface area (Å²) < 4.78 is 5.48. The molecule has 1 saturated carbocycles. The SMILES string of the molecule is COCC1(CN2CCC(=O)N(CCC3CNC(=O)C3)C2=O)CCCCC1. The van der Waals surface area contributed by atoms with Crippen LogP contribution in [0.25, 0.3) is 0 Å². The minimum absolute atomic E-state index is 0.0243. The predicted molar refractivity (Wildman–Crippen MR) is 96.4 cm³/mol. The Morgan fingerprint density at radius 2 is 1.96 bits per heavy atom. The summed E-state index contributed by atoms with van der Waals surface area (Å²) in [6.45, 7) is 2.90. The second-order valence-corrected chi connectivity index (χ2v) is 8.16. The quantitative estimate of drug-likeness (QED) is 0.746. The lowest BCUT2D eigenvalue weighted by Gasteiger charge is -2.43. The third-order valence-corrected chi connectivity index (χ3v) is 6.11. The number of carbonyl (C=O) groups excluding carboxylic acids is 3. The molecule has 4 amide bonds. The summed E-state index contributed by atoms with van der Waals surface area (Å²) in [5, 5.41) is 2.81. The molecule has 7 nitrogen and oxygen atoms in total. The molecule has 1 atom stereocenters. The molecule has 3 fully saturated rings. The number of ether oxygens (including phenoxy) is 1. The molecule has 0 aromatic heterocycles. The van der Waals surface area contributed by atoms with Gasteiger partial charge in [-0.05, 0) is 25.2 Å². The van der Waals surface area contributed by atoms with Crippen LogP contribution in [0.3, 0.4) is 0 Å². The summed E-state index contributed by atoms with van der Waals surface area (Å²) in [7, 11) is 1.72. The van der Waals surface area contributed by atoms with Crippen molar-refractivity contribution in [3.63, 3.8) is 0 Å². The van der Waals surface area contributed by atoms with Crippen LogP contribution in [-0.4, -0.2) is 67.5 Å². The average molecular weight is 365 g/mol. The summed E-state index contributed by atoms with van der Waals surface area (Å²) in [5.74, 6) is 0.191. The van der Waals surface area contributed by atoms with E-state index >= 15 is 0 Å². The second-order valence-electron chi connectivity index (χ2n) is 8.16. The summed E-state index contributed by atoms with van der Waals surface area (Å²) >= 11 is 0. The first-order valence-corrected chi connectivity index (χ1v) is 9.88. The van der Waals surface area contributed by atoms with Gasteiger partial charge in [0, 0.05) is 51.5 Å². The van der Waals surface area contributed by atoms with Crippen LogP contribution in [0.1, 0.15) is 51.4 Å². The van der Waals surface area contributed by atoms with E-state index in [-0.39, 0.29) is 29.2 Å². The van der Waals surface area contributed by atoms with Crippen molar-refractivity contribution in [2.24, 2.45) is 11.3 Å². The predicted octanol–water partition coefficient (Wildman–Crippen LogP) is 1.76. The van der Waals surface area contributed by atoms with Crippen LogP contribution in [0.15, 0.2) is 0 Å². The average Bonchev–Trinajstić information content (AvgIpc) is 3.04. The number of nitrogens with zero attached hydrogens (tertiary/aromatic N) is 2. The molecule has 0 spiro atoms. The number of carbonyl (C=O) groups is 3. The fourth-order valence-electron chi connectivity index (χ4n) is 4.65. The molecular formula is C19H31N3O4. The van der Waals surface area contributed by atoms with Crippen molar-refractivity contribution in [2.45, 2.75) is 51.4 Å². The highest BCUT2D eigenvalue weighted by atomic mass is 16.5. The summed E-state index contributed by atoms with van der Waals surface area (Å²) in [6.07, 6.45) is 7.33. The van der Waals surface area contributed by atoms with E-state index in [0.29, 0.717) is 52.0 Å². The van der Waals surface area contributed by atoms with Crippen molar-refractivity contribution < 1.29 is 19.1 Å². The van der Waals surface area contributed by atoms with E-state index in [0.717, 1.165) is 12.8 Å². The first kappa shape index (κ1) is 19.1. The van der Waals surface area contributed by atoms with Crippen LogP contribution in [0, 0.1) is 11.3 Å². The van der Waals surface area contributed by atoms with Gasteiger partial charge in [0.15, 0.2) is 0 Å². The first-order chi connectivity index (χ1) is 12.5. The van der Waals surface area contributed by atoms with Crippen molar-refractivity contribution in [3.8, 4) is 0 Å². The minimum atomic E-state index is -0.167. The van der Waals surface area contributed by atoms with Crippen molar-refractivity contribution in [1.82, 2.24) is 15.1 Å². The normalized spacial score (nSPS) is 26.3. The van der Waals surface area contributed by atoms with Gasteiger partial charge in [0.25, 0.3) is 0 Å². The van der Waals surface area contributed by atoms with Gasteiger partial charge < -0.3 is 15.0 Å². The minimum Gasteiger partial charge on any atom is -0.384 e. The van der Waals surface area contributed by atoms with E-state index in [9.17, 15) is 14.4 Å². The standard InChI is InChI=1S/C19H31N3O4/c1-26-14-19(7-3-2-4-8-19)13-21-9-6-17(24)22(18(21)25)10-5-15-11-16(23)20-12-15/h15H,2-14H2,1H3,(H,20,23). The van der Waals surface area contributed by atoms with E-state index in [1.807, 2.05) is 4.90 Å². The Morgan fingerprint density at radius 1 is 1.19 bits per heavy atom. The van der Waals surface area contributed by atoms with Gasteiger partial charge >= 0.3 is 6.03 Å². The van der Waals surface area contributed by atoms with Crippen molar-refractivity contribution >= 4 is 17.8 Å². The van der Waals surface area contributed by atoms with Gasteiger partial charge in [-0.1, -0.05) is 19.3 Å². The topological polar surface area (TPSA) is 79.0 Å². The number of hydrogen-bond acceptors (Lipinski definition) is 4. The molecule has 0 aromatic rings. The van der Waals surface area contributed by atoms with Gasteiger partial charge in [-0.25, -0.2) is 4.79 Å². The third-order valence-electron chi connectivity index (χ3n) is 6.11. The molecule has 1 unspecified atom stereocenters. The largest absolute Gasteiger partial charge is 0.384 e. The molecule has 0 aromatic carbocycles. The molecule has 1 N–H and O–H groups in total. The van der Waals surface area contributed by atoms with Crippen molar-refractivity contribution in [1.29, 1.82) is 0 Å². The van der Waals surface area contributed by atoms with Gasteiger partial charge in [0.05, 0.1) is 6.61 Å². The molecule has 3 rings (SSSR count). The van der Waals surface area contributed by atoms with Gasteiger partial charge in [0.1, 0.15) is 0 Å². The molecule has 7 heteroatoms. The number of nitrogens with one attached hydrogen (secondary N) is 1. The van der Waals surface area contributed by atoms with Gasteiger partial charge in [0.2, 0.25) is 11.8 Å². The molecule has 2 aliphatic heterocycles. The Bertz CT molecular complexity index is 539. The van der Waals surface area contributed by atoms with Gasteiger partial charge in [-0.3, -0.25) is 14.5 Å². The smallest absolute Gasteiger partial charge is 0.326 e. The molecule has 2 heterocycles. The van der Waals surface area contributed by atoms with Crippen molar-refractivity contribution in [3.05, 3.63) is 0 Å². The zero-order valence-corrected chi connectivity index (χ0v) is 15.8. The Hall–Kier alpha value is -1.63. The molecule has 146 valence electrons. The fourth-order valence-corrected chi connectivity index (χ4v) is 4.65. The zero-order valence-electron chi connectivity index (χ0n) is 15.8. The fraction of sp³-hybridized carbons (Fsp3) is 0.842. The molecule has 26 heavy (non-hydrogen) atoms. The maximum absolute atomic E-state index is 12.9. The molecule has 1 aliphatic carbocycles. The molecule has 3 aliphatic rings. The third kappa shape index (κ3) is 4.37. The Morgan fingerprint density at radius 3 is 2.62 bits per heavy atom. The van der Waals surface area contributed by atoms with Crippen LogP contribution >= 0.6 is 0 Å². The van der Waals surface area contributed by atoms with Gasteiger partial charge in [-0.2, -0.15) is 0 Å². The maximum Gasteiger partial charge on any atom is 0.326 e. The monoisotopic (exact) mass is 365 g/mol. The van der Waals surface area contributed by atoms with Crippen LogP contribution in [-0.2, 0) is 14.3 Å². The van der Waals surface area contributed by atoms with Crippen LogP contribution in [0.4, 0.5) is 4.79 Å². The highest BCUT2D eigenvalue weighted by Gasteiger charge is 2.39. The highest BCUT2D eigenvalue weighted by Crippen LogP contribution is 2.38. The number of imide groups is 1. The highest BCUT2D eigenvalue weighted by molar-refractivity contribution is 5.96. The van der Waals surface area contributed by atoms with E-state index in [2.05, 4.69) is 5.32 Å². The molecule has 0 radical (unpaired) electrons.